The fourth-order valence-electron chi connectivity index (χ4n) is 2.04. The zero-order valence-corrected chi connectivity index (χ0v) is 11.0. The van der Waals surface area contributed by atoms with E-state index in [0.29, 0.717) is 13.0 Å². The van der Waals surface area contributed by atoms with Crippen LogP contribution in [0, 0.1) is 0 Å². The van der Waals surface area contributed by atoms with Crippen molar-refractivity contribution >= 4 is 11.8 Å². The molecule has 0 saturated carbocycles. The summed E-state index contributed by atoms with van der Waals surface area (Å²) in [6.45, 7) is 6.09. The first-order valence-corrected chi connectivity index (χ1v) is 6.14. The molecule has 2 amide bonds. The Kier molecular flexibility index (Phi) is 4.93. The molecular formula is C12H22N2O3. The van der Waals surface area contributed by atoms with Crippen molar-refractivity contribution < 1.29 is 14.3 Å². The highest BCUT2D eigenvalue weighted by atomic mass is 16.5. The number of nitrogens with zero attached hydrogens (tertiary/aromatic N) is 1. The molecule has 0 bridgehead atoms. The Labute approximate surface area is 102 Å². The summed E-state index contributed by atoms with van der Waals surface area (Å²) in [4.78, 5) is 25.6. The highest BCUT2D eigenvalue weighted by Gasteiger charge is 2.38. The SMILES string of the molecule is CCCC1C(=O)NC(C)C(=O)N1CC(C)OC. The first-order chi connectivity index (χ1) is 8.01. The fraction of sp³-hybridized carbons (Fsp3) is 0.833. The van der Waals surface area contributed by atoms with E-state index in [0.717, 1.165) is 6.42 Å². The molecule has 0 radical (unpaired) electrons. The highest BCUT2D eigenvalue weighted by molar-refractivity contribution is 5.96. The van der Waals surface area contributed by atoms with Crippen LogP contribution in [-0.4, -0.2) is 48.6 Å². The fourth-order valence-corrected chi connectivity index (χ4v) is 2.04. The zero-order valence-electron chi connectivity index (χ0n) is 11.0. The molecule has 17 heavy (non-hydrogen) atoms. The van der Waals surface area contributed by atoms with E-state index >= 15 is 0 Å². The topological polar surface area (TPSA) is 58.6 Å². The van der Waals surface area contributed by atoms with Crippen LogP contribution in [0.25, 0.3) is 0 Å². The molecule has 3 atom stereocenters. The number of nitrogens with one attached hydrogen (secondary N) is 1. The predicted molar refractivity (Wildman–Crippen MR) is 64.5 cm³/mol. The van der Waals surface area contributed by atoms with E-state index in [1.807, 2.05) is 13.8 Å². The van der Waals surface area contributed by atoms with Crippen LogP contribution in [-0.2, 0) is 14.3 Å². The van der Waals surface area contributed by atoms with Gasteiger partial charge in [-0.2, -0.15) is 0 Å². The minimum atomic E-state index is -0.431. The molecule has 0 aromatic carbocycles. The summed E-state index contributed by atoms with van der Waals surface area (Å²) in [6, 6.07) is -0.777. The molecule has 1 rings (SSSR count). The monoisotopic (exact) mass is 242 g/mol. The number of amides is 2. The van der Waals surface area contributed by atoms with Gasteiger partial charge in [-0.15, -0.1) is 0 Å². The second-order valence-corrected chi connectivity index (χ2v) is 4.57. The Balaban J connectivity index is 2.82. The second-order valence-electron chi connectivity index (χ2n) is 4.57. The summed E-state index contributed by atoms with van der Waals surface area (Å²) in [5.74, 6) is -0.0748. The number of ether oxygens (including phenoxy) is 1. The van der Waals surface area contributed by atoms with Crippen LogP contribution in [0.1, 0.15) is 33.6 Å². The average Bonchev–Trinajstić information content (AvgIpc) is 2.30. The maximum absolute atomic E-state index is 12.1. The number of methoxy groups -OCH3 is 1. The van der Waals surface area contributed by atoms with Gasteiger partial charge in [0.05, 0.1) is 6.10 Å². The molecule has 1 fully saturated rings. The quantitative estimate of drug-likeness (QED) is 0.765. The zero-order chi connectivity index (χ0) is 13.0. The maximum Gasteiger partial charge on any atom is 0.245 e. The summed E-state index contributed by atoms with van der Waals surface area (Å²) in [7, 11) is 1.61. The molecule has 0 aromatic rings. The number of hydrogen-bond acceptors (Lipinski definition) is 3. The molecule has 0 aliphatic carbocycles. The van der Waals surface area contributed by atoms with Gasteiger partial charge in [-0.3, -0.25) is 9.59 Å². The summed E-state index contributed by atoms with van der Waals surface area (Å²) in [6.07, 6.45) is 1.51. The van der Waals surface area contributed by atoms with Gasteiger partial charge in [-0.05, 0) is 20.3 Å². The molecule has 1 aliphatic heterocycles. The Morgan fingerprint density at radius 1 is 1.47 bits per heavy atom. The van der Waals surface area contributed by atoms with Gasteiger partial charge in [0, 0.05) is 13.7 Å². The van der Waals surface area contributed by atoms with Crippen LogP contribution in [0.4, 0.5) is 0 Å². The van der Waals surface area contributed by atoms with Crippen molar-refractivity contribution in [2.75, 3.05) is 13.7 Å². The first kappa shape index (κ1) is 14.0. The molecule has 5 heteroatoms. The van der Waals surface area contributed by atoms with Crippen LogP contribution in [0.3, 0.4) is 0 Å². The van der Waals surface area contributed by atoms with Crippen LogP contribution < -0.4 is 5.32 Å². The van der Waals surface area contributed by atoms with E-state index in [4.69, 9.17) is 4.74 Å². The van der Waals surface area contributed by atoms with Crippen molar-refractivity contribution in [3.63, 3.8) is 0 Å². The summed E-state index contributed by atoms with van der Waals surface area (Å²) in [5, 5.41) is 2.71. The average molecular weight is 242 g/mol. The third kappa shape index (κ3) is 3.19. The number of hydrogen-bond donors (Lipinski definition) is 1. The highest BCUT2D eigenvalue weighted by Crippen LogP contribution is 2.15. The Bertz CT molecular complexity index is 293. The molecule has 0 aromatic heterocycles. The third-order valence-electron chi connectivity index (χ3n) is 3.11. The minimum Gasteiger partial charge on any atom is -0.380 e. The Morgan fingerprint density at radius 3 is 2.65 bits per heavy atom. The van der Waals surface area contributed by atoms with E-state index in [9.17, 15) is 9.59 Å². The van der Waals surface area contributed by atoms with Gasteiger partial charge in [0.15, 0.2) is 0 Å². The Hall–Kier alpha value is -1.10. The van der Waals surface area contributed by atoms with E-state index in [1.54, 1.807) is 18.9 Å². The van der Waals surface area contributed by atoms with Crippen LogP contribution in [0.2, 0.25) is 0 Å². The van der Waals surface area contributed by atoms with Crippen molar-refractivity contribution in [3.8, 4) is 0 Å². The lowest BCUT2D eigenvalue weighted by Gasteiger charge is -2.39. The molecular weight excluding hydrogens is 220 g/mol. The molecule has 3 unspecified atom stereocenters. The van der Waals surface area contributed by atoms with Gasteiger partial charge in [-0.25, -0.2) is 0 Å². The van der Waals surface area contributed by atoms with Crippen molar-refractivity contribution in [3.05, 3.63) is 0 Å². The van der Waals surface area contributed by atoms with E-state index in [-0.39, 0.29) is 24.0 Å². The van der Waals surface area contributed by atoms with Crippen molar-refractivity contribution in [2.24, 2.45) is 0 Å². The molecule has 1 heterocycles. The van der Waals surface area contributed by atoms with Crippen LogP contribution in [0.5, 0.6) is 0 Å². The van der Waals surface area contributed by atoms with Gasteiger partial charge < -0.3 is 15.0 Å². The Morgan fingerprint density at radius 2 is 2.12 bits per heavy atom. The standard InChI is InChI=1S/C12H22N2O3/c1-5-6-10-11(15)13-9(3)12(16)14(10)7-8(2)17-4/h8-10H,5-7H2,1-4H3,(H,13,15). The lowest BCUT2D eigenvalue weighted by Crippen LogP contribution is -2.63. The molecule has 1 aliphatic rings. The predicted octanol–water partition coefficient (Wildman–Crippen LogP) is 0.537. The van der Waals surface area contributed by atoms with Gasteiger partial charge in [-0.1, -0.05) is 13.3 Å². The second kappa shape index (κ2) is 6.00. The van der Waals surface area contributed by atoms with Gasteiger partial charge in [0.2, 0.25) is 11.8 Å². The van der Waals surface area contributed by atoms with E-state index < -0.39 is 6.04 Å². The number of carbonyl (C=O) groups is 2. The van der Waals surface area contributed by atoms with E-state index in [1.165, 1.54) is 0 Å². The number of rotatable bonds is 5. The number of carbonyl (C=O) groups excluding carboxylic acids is 2. The van der Waals surface area contributed by atoms with Crippen molar-refractivity contribution in [2.45, 2.75) is 51.8 Å². The summed E-state index contributed by atoms with van der Waals surface area (Å²) >= 11 is 0. The van der Waals surface area contributed by atoms with Gasteiger partial charge >= 0.3 is 0 Å². The molecule has 1 saturated heterocycles. The van der Waals surface area contributed by atoms with Gasteiger partial charge in [0.25, 0.3) is 0 Å². The molecule has 5 nitrogen and oxygen atoms in total. The molecule has 98 valence electrons. The molecule has 1 N–H and O–H groups in total. The minimum absolute atomic E-state index is 0.0213. The third-order valence-corrected chi connectivity index (χ3v) is 3.11. The first-order valence-electron chi connectivity index (χ1n) is 6.14. The van der Waals surface area contributed by atoms with Crippen molar-refractivity contribution in [1.82, 2.24) is 10.2 Å². The maximum atomic E-state index is 12.1. The van der Waals surface area contributed by atoms with Crippen molar-refractivity contribution in [1.29, 1.82) is 0 Å². The lowest BCUT2D eigenvalue weighted by molar-refractivity contribution is -0.150. The normalized spacial score (nSPS) is 26.9. The van der Waals surface area contributed by atoms with E-state index in [2.05, 4.69) is 5.32 Å². The largest absolute Gasteiger partial charge is 0.380 e. The summed E-state index contributed by atoms with van der Waals surface area (Å²) < 4.78 is 5.17. The number of piperazine rings is 1. The smallest absolute Gasteiger partial charge is 0.245 e. The van der Waals surface area contributed by atoms with Gasteiger partial charge in [0.1, 0.15) is 12.1 Å². The van der Waals surface area contributed by atoms with Crippen LogP contribution >= 0.6 is 0 Å². The van der Waals surface area contributed by atoms with Crippen LogP contribution in [0.15, 0.2) is 0 Å². The summed E-state index contributed by atoms with van der Waals surface area (Å²) in [5.41, 5.74) is 0. The molecule has 0 spiro atoms. The lowest BCUT2D eigenvalue weighted by atomic mass is 10.0.